The molecule has 1 heterocycles. The number of rotatable bonds is 1. The van der Waals surface area contributed by atoms with Gasteiger partial charge >= 0.3 is 0 Å². The molecule has 0 radical (unpaired) electrons. The van der Waals surface area contributed by atoms with Gasteiger partial charge in [0, 0.05) is 17.8 Å². The van der Waals surface area contributed by atoms with Gasteiger partial charge in [0.05, 0.1) is 0 Å². The van der Waals surface area contributed by atoms with Gasteiger partial charge in [-0.3, -0.25) is 4.98 Å². The standard InChI is InChI=1S/C11H9N/c1-2-9-4-3-5-10-6-7-12-8-11(9)10/h2-8H,1H2. The summed E-state index contributed by atoms with van der Waals surface area (Å²) in [7, 11) is 0. The van der Waals surface area contributed by atoms with E-state index in [1.807, 2.05) is 30.5 Å². The Morgan fingerprint density at radius 2 is 2.17 bits per heavy atom. The molecular weight excluding hydrogens is 146 g/mol. The van der Waals surface area contributed by atoms with E-state index < -0.39 is 0 Å². The molecule has 0 unspecified atom stereocenters. The molecule has 1 nitrogen and oxygen atoms in total. The van der Waals surface area contributed by atoms with Crippen molar-refractivity contribution < 1.29 is 0 Å². The Morgan fingerprint density at radius 1 is 1.25 bits per heavy atom. The Morgan fingerprint density at radius 3 is 3.00 bits per heavy atom. The first-order chi connectivity index (χ1) is 5.92. The van der Waals surface area contributed by atoms with Gasteiger partial charge in [0.1, 0.15) is 0 Å². The lowest BCUT2D eigenvalue weighted by molar-refractivity contribution is 1.36. The van der Waals surface area contributed by atoms with Crippen LogP contribution in [0.3, 0.4) is 0 Å². The van der Waals surface area contributed by atoms with E-state index in [1.165, 1.54) is 5.39 Å². The number of nitrogens with zero attached hydrogens (tertiary/aromatic N) is 1. The smallest absolute Gasteiger partial charge is 0.0352 e. The van der Waals surface area contributed by atoms with Crippen LogP contribution in [0.1, 0.15) is 5.56 Å². The van der Waals surface area contributed by atoms with Crippen molar-refractivity contribution in [1.82, 2.24) is 4.98 Å². The lowest BCUT2D eigenvalue weighted by Gasteiger charge is -1.99. The third kappa shape index (κ3) is 0.996. The van der Waals surface area contributed by atoms with Crippen molar-refractivity contribution in [3.8, 4) is 0 Å². The van der Waals surface area contributed by atoms with Crippen LogP contribution in [0.25, 0.3) is 16.8 Å². The number of aromatic nitrogens is 1. The van der Waals surface area contributed by atoms with Crippen LogP contribution in [0.5, 0.6) is 0 Å². The second-order valence-corrected chi connectivity index (χ2v) is 2.65. The van der Waals surface area contributed by atoms with Crippen LogP contribution < -0.4 is 0 Å². The second-order valence-electron chi connectivity index (χ2n) is 2.65. The summed E-state index contributed by atoms with van der Waals surface area (Å²) in [5, 5.41) is 2.37. The lowest BCUT2D eigenvalue weighted by atomic mass is 10.1. The highest BCUT2D eigenvalue weighted by atomic mass is 14.6. The first-order valence-electron chi connectivity index (χ1n) is 3.87. The molecule has 1 heteroatoms. The first-order valence-corrected chi connectivity index (χ1v) is 3.87. The molecule has 12 heavy (non-hydrogen) atoms. The summed E-state index contributed by atoms with van der Waals surface area (Å²) in [6.45, 7) is 3.75. The average Bonchev–Trinajstić information content (AvgIpc) is 2.17. The summed E-state index contributed by atoms with van der Waals surface area (Å²) in [5.74, 6) is 0. The molecule has 0 aliphatic carbocycles. The highest BCUT2D eigenvalue weighted by molar-refractivity contribution is 5.89. The predicted molar refractivity (Wildman–Crippen MR) is 51.8 cm³/mol. The van der Waals surface area contributed by atoms with E-state index in [1.54, 1.807) is 6.20 Å². The number of fused-ring (bicyclic) bond motifs is 1. The quantitative estimate of drug-likeness (QED) is 0.617. The maximum atomic E-state index is 4.07. The highest BCUT2D eigenvalue weighted by Gasteiger charge is 1.94. The molecule has 0 bridgehead atoms. The van der Waals surface area contributed by atoms with Crippen LogP contribution >= 0.6 is 0 Å². The fraction of sp³-hybridized carbons (Fsp3) is 0. The molecule has 1 aromatic carbocycles. The Hall–Kier alpha value is -1.63. The van der Waals surface area contributed by atoms with Gasteiger partial charge in [-0.2, -0.15) is 0 Å². The predicted octanol–water partition coefficient (Wildman–Crippen LogP) is 2.88. The van der Waals surface area contributed by atoms with Gasteiger partial charge in [-0.15, -0.1) is 0 Å². The van der Waals surface area contributed by atoms with Crippen LogP contribution in [0.2, 0.25) is 0 Å². The third-order valence-corrected chi connectivity index (χ3v) is 1.94. The number of benzene rings is 1. The summed E-state index contributed by atoms with van der Waals surface area (Å²) >= 11 is 0. The Balaban J connectivity index is 2.88. The van der Waals surface area contributed by atoms with Crippen molar-refractivity contribution in [3.63, 3.8) is 0 Å². The maximum Gasteiger partial charge on any atom is 0.0352 e. The SMILES string of the molecule is C=Cc1cccc2ccncc12. The van der Waals surface area contributed by atoms with Crippen LogP contribution in [0, 0.1) is 0 Å². The topological polar surface area (TPSA) is 12.9 Å². The van der Waals surface area contributed by atoms with E-state index in [-0.39, 0.29) is 0 Å². The van der Waals surface area contributed by atoms with E-state index in [0.717, 1.165) is 10.9 Å². The zero-order chi connectivity index (χ0) is 8.39. The molecule has 1 aromatic heterocycles. The van der Waals surface area contributed by atoms with Crippen LogP contribution in [-0.4, -0.2) is 4.98 Å². The third-order valence-electron chi connectivity index (χ3n) is 1.94. The molecule has 0 aliphatic heterocycles. The van der Waals surface area contributed by atoms with Gasteiger partial charge in [0.25, 0.3) is 0 Å². The zero-order valence-electron chi connectivity index (χ0n) is 6.70. The molecular formula is C11H9N. The minimum absolute atomic E-state index is 1.14. The molecule has 2 aromatic rings. The zero-order valence-corrected chi connectivity index (χ0v) is 6.70. The van der Waals surface area contributed by atoms with E-state index in [2.05, 4.69) is 17.6 Å². The van der Waals surface area contributed by atoms with Gasteiger partial charge in [0.2, 0.25) is 0 Å². The first kappa shape index (κ1) is 7.04. The summed E-state index contributed by atoms with van der Waals surface area (Å²) in [6, 6.07) is 8.14. The largest absolute Gasteiger partial charge is 0.264 e. The fourth-order valence-electron chi connectivity index (χ4n) is 1.31. The molecule has 2 rings (SSSR count). The number of pyridine rings is 1. The molecule has 0 fully saturated rings. The van der Waals surface area contributed by atoms with Crippen LogP contribution in [-0.2, 0) is 0 Å². The Bertz CT molecular complexity index is 413. The van der Waals surface area contributed by atoms with E-state index in [0.29, 0.717) is 0 Å². The fourth-order valence-corrected chi connectivity index (χ4v) is 1.31. The van der Waals surface area contributed by atoms with Gasteiger partial charge in [-0.25, -0.2) is 0 Å². The Kier molecular flexibility index (Phi) is 1.63. The van der Waals surface area contributed by atoms with Gasteiger partial charge in [-0.1, -0.05) is 30.9 Å². The van der Waals surface area contributed by atoms with Crippen molar-refractivity contribution in [2.75, 3.05) is 0 Å². The molecule has 0 N–H and O–H groups in total. The molecule has 0 saturated heterocycles. The van der Waals surface area contributed by atoms with Gasteiger partial charge < -0.3 is 0 Å². The Labute approximate surface area is 71.4 Å². The monoisotopic (exact) mass is 155 g/mol. The van der Waals surface area contributed by atoms with E-state index >= 15 is 0 Å². The molecule has 0 saturated carbocycles. The molecule has 0 aliphatic rings. The summed E-state index contributed by atoms with van der Waals surface area (Å²) in [5.41, 5.74) is 1.14. The second kappa shape index (κ2) is 2.78. The summed E-state index contributed by atoms with van der Waals surface area (Å²) in [6.07, 6.45) is 5.52. The minimum Gasteiger partial charge on any atom is -0.264 e. The van der Waals surface area contributed by atoms with E-state index in [4.69, 9.17) is 0 Å². The van der Waals surface area contributed by atoms with Crippen molar-refractivity contribution in [2.45, 2.75) is 0 Å². The van der Waals surface area contributed by atoms with Crippen molar-refractivity contribution in [1.29, 1.82) is 0 Å². The number of hydrogen-bond donors (Lipinski definition) is 0. The van der Waals surface area contributed by atoms with Crippen LogP contribution in [0.4, 0.5) is 0 Å². The highest BCUT2D eigenvalue weighted by Crippen LogP contribution is 2.17. The average molecular weight is 155 g/mol. The summed E-state index contributed by atoms with van der Waals surface area (Å²) < 4.78 is 0. The molecule has 58 valence electrons. The van der Waals surface area contributed by atoms with Gasteiger partial charge in [0.15, 0.2) is 0 Å². The van der Waals surface area contributed by atoms with Crippen molar-refractivity contribution >= 4 is 16.8 Å². The number of hydrogen-bond acceptors (Lipinski definition) is 1. The van der Waals surface area contributed by atoms with E-state index in [9.17, 15) is 0 Å². The summed E-state index contributed by atoms with van der Waals surface area (Å²) in [4.78, 5) is 4.07. The molecule has 0 amide bonds. The minimum atomic E-state index is 1.14. The maximum absolute atomic E-state index is 4.07. The lowest BCUT2D eigenvalue weighted by Crippen LogP contribution is -1.78. The molecule has 0 atom stereocenters. The van der Waals surface area contributed by atoms with Crippen LogP contribution in [0.15, 0.2) is 43.2 Å². The van der Waals surface area contributed by atoms with Crippen molar-refractivity contribution in [3.05, 3.63) is 48.8 Å². The van der Waals surface area contributed by atoms with Gasteiger partial charge in [-0.05, 0) is 17.0 Å². The normalized spacial score (nSPS) is 10.0. The van der Waals surface area contributed by atoms with Crippen molar-refractivity contribution in [2.24, 2.45) is 0 Å². The molecule has 0 spiro atoms.